The third-order valence-electron chi connectivity index (χ3n) is 2.45. The second-order valence-electron chi connectivity index (χ2n) is 4.50. The van der Waals surface area contributed by atoms with Crippen LogP contribution in [0.5, 0.6) is 0 Å². The summed E-state index contributed by atoms with van der Waals surface area (Å²) in [5, 5.41) is 11.3. The molecule has 0 aliphatic heterocycles. The van der Waals surface area contributed by atoms with Gasteiger partial charge in [-0.25, -0.2) is 4.39 Å². The number of nitrogens with one attached hydrogen (secondary N) is 1. The number of carbonyl (C=O) groups is 2. The van der Waals surface area contributed by atoms with E-state index in [-0.39, 0.29) is 12.1 Å². The fourth-order valence-corrected chi connectivity index (χ4v) is 1.48. The molecular formula is C12H13BrFNO3. The first kappa shape index (κ1) is 14.6. The predicted octanol–water partition coefficient (Wildman–Crippen LogP) is 2.43. The van der Waals surface area contributed by atoms with Crippen LogP contribution in [0.3, 0.4) is 0 Å². The second kappa shape index (κ2) is 5.48. The van der Waals surface area contributed by atoms with Crippen molar-refractivity contribution in [3.63, 3.8) is 0 Å². The molecule has 1 aromatic carbocycles. The van der Waals surface area contributed by atoms with Gasteiger partial charge < -0.3 is 10.4 Å². The van der Waals surface area contributed by atoms with Crippen molar-refractivity contribution in [3.05, 3.63) is 34.1 Å². The molecule has 0 radical (unpaired) electrons. The normalized spacial score (nSPS) is 11.1. The molecule has 0 fully saturated rings. The van der Waals surface area contributed by atoms with Crippen LogP contribution in [0.25, 0.3) is 0 Å². The molecule has 0 aliphatic carbocycles. The van der Waals surface area contributed by atoms with E-state index in [1.807, 2.05) is 0 Å². The first-order valence-corrected chi connectivity index (χ1v) is 6.00. The number of rotatable bonds is 4. The highest BCUT2D eigenvalue weighted by Gasteiger charge is 2.28. The maximum Gasteiger partial charge on any atom is 0.310 e. The van der Waals surface area contributed by atoms with Gasteiger partial charge in [0.05, 0.1) is 11.0 Å². The topological polar surface area (TPSA) is 66.4 Å². The molecule has 0 aliphatic rings. The lowest BCUT2D eigenvalue weighted by atomic mass is 9.94. The van der Waals surface area contributed by atoms with Crippen molar-refractivity contribution in [2.45, 2.75) is 13.8 Å². The summed E-state index contributed by atoms with van der Waals surface area (Å²) in [7, 11) is 0. The smallest absolute Gasteiger partial charge is 0.310 e. The van der Waals surface area contributed by atoms with Gasteiger partial charge >= 0.3 is 5.97 Å². The zero-order valence-electron chi connectivity index (χ0n) is 9.96. The summed E-state index contributed by atoms with van der Waals surface area (Å²) in [6, 6.07) is 4.06. The number of hydrogen-bond donors (Lipinski definition) is 2. The Morgan fingerprint density at radius 2 is 2.06 bits per heavy atom. The monoisotopic (exact) mass is 317 g/mol. The van der Waals surface area contributed by atoms with Gasteiger partial charge in [-0.1, -0.05) is 15.9 Å². The minimum atomic E-state index is -1.10. The van der Waals surface area contributed by atoms with Gasteiger partial charge in [0.1, 0.15) is 5.82 Å². The molecule has 0 bridgehead atoms. The SMILES string of the molecule is CC(C)(CNC(=O)c1ccc(Br)cc1F)C(=O)O. The Labute approximate surface area is 112 Å². The summed E-state index contributed by atoms with van der Waals surface area (Å²) in [6.07, 6.45) is 0. The number of carbonyl (C=O) groups excluding carboxylic acids is 1. The van der Waals surface area contributed by atoms with Crippen molar-refractivity contribution in [3.8, 4) is 0 Å². The van der Waals surface area contributed by atoms with Crippen LogP contribution >= 0.6 is 15.9 Å². The van der Waals surface area contributed by atoms with E-state index < -0.39 is 23.1 Å². The lowest BCUT2D eigenvalue weighted by molar-refractivity contribution is -0.146. The Morgan fingerprint density at radius 3 is 2.56 bits per heavy atom. The van der Waals surface area contributed by atoms with Gasteiger partial charge in [-0.15, -0.1) is 0 Å². The summed E-state index contributed by atoms with van der Waals surface area (Å²) in [5.74, 6) is -2.32. The lowest BCUT2D eigenvalue weighted by Gasteiger charge is -2.19. The molecule has 2 N–H and O–H groups in total. The number of amides is 1. The first-order valence-electron chi connectivity index (χ1n) is 5.20. The van der Waals surface area contributed by atoms with Crippen molar-refractivity contribution in [2.75, 3.05) is 6.54 Å². The highest BCUT2D eigenvalue weighted by Crippen LogP contribution is 2.17. The number of aliphatic carboxylic acids is 1. The molecule has 0 unspecified atom stereocenters. The Morgan fingerprint density at radius 1 is 1.44 bits per heavy atom. The maximum absolute atomic E-state index is 13.5. The van der Waals surface area contributed by atoms with E-state index >= 15 is 0 Å². The average molecular weight is 318 g/mol. The standard InChI is InChI=1S/C12H13BrFNO3/c1-12(2,11(17)18)6-15-10(16)8-4-3-7(13)5-9(8)14/h3-5H,6H2,1-2H3,(H,15,16)(H,17,18). The number of benzene rings is 1. The molecule has 0 saturated carbocycles. The van der Waals surface area contributed by atoms with Crippen molar-refractivity contribution in [1.29, 1.82) is 0 Å². The highest BCUT2D eigenvalue weighted by molar-refractivity contribution is 9.10. The van der Waals surface area contributed by atoms with Crippen molar-refractivity contribution < 1.29 is 19.1 Å². The summed E-state index contributed by atoms with van der Waals surface area (Å²) >= 11 is 3.09. The molecule has 98 valence electrons. The van der Waals surface area contributed by atoms with E-state index in [0.29, 0.717) is 4.47 Å². The quantitative estimate of drug-likeness (QED) is 0.896. The molecule has 1 aromatic rings. The van der Waals surface area contributed by atoms with Crippen LogP contribution in [0, 0.1) is 11.2 Å². The van der Waals surface area contributed by atoms with Crippen LogP contribution in [0.15, 0.2) is 22.7 Å². The maximum atomic E-state index is 13.5. The number of carboxylic acids is 1. The Balaban J connectivity index is 2.75. The van der Waals surface area contributed by atoms with E-state index in [1.165, 1.54) is 26.0 Å². The van der Waals surface area contributed by atoms with Gasteiger partial charge in [-0.3, -0.25) is 9.59 Å². The Bertz CT molecular complexity index is 488. The van der Waals surface area contributed by atoms with Gasteiger partial charge in [0.2, 0.25) is 0 Å². The zero-order valence-corrected chi connectivity index (χ0v) is 11.5. The van der Waals surface area contributed by atoms with Crippen molar-refractivity contribution >= 4 is 27.8 Å². The van der Waals surface area contributed by atoms with Gasteiger partial charge in [-0.05, 0) is 32.0 Å². The molecule has 4 nitrogen and oxygen atoms in total. The third kappa shape index (κ3) is 3.53. The first-order chi connectivity index (χ1) is 8.24. The fourth-order valence-electron chi connectivity index (χ4n) is 1.15. The minimum absolute atomic E-state index is 0.0727. The largest absolute Gasteiger partial charge is 0.481 e. The highest BCUT2D eigenvalue weighted by atomic mass is 79.9. The molecule has 0 aromatic heterocycles. The summed E-state index contributed by atoms with van der Waals surface area (Å²) in [6.45, 7) is 2.89. The minimum Gasteiger partial charge on any atom is -0.481 e. The fraction of sp³-hybridized carbons (Fsp3) is 0.333. The molecule has 0 saturated heterocycles. The molecular weight excluding hydrogens is 305 g/mol. The van der Waals surface area contributed by atoms with Crippen LogP contribution in [0.2, 0.25) is 0 Å². The lowest BCUT2D eigenvalue weighted by Crippen LogP contribution is -2.39. The summed E-state index contributed by atoms with van der Waals surface area (Å²) < 4.78 is 14.0. The van der Waals surface area contributed by atoms with E-state index in [1.54, 1.807) is 6.07 Å². The molecule has 18 heavy (non-hydrogen) atoms. The van der Waals surface area contributed by atoms with Crippen LogP contribution in [-0.2, 0) is 4.79 Å². The number of carboxylic acid groups (broad SMARTS) is 1. The van der Waals surface area contributed by atoms with E-state index in [9.17, 15) is 14.0 Å². The molecule has 0 spiro atoms. The summed E-state index contributed by atoms with van der Waals surface area (Å²) in [5.41, 5.74) is -1.21. The molecule has 1 amide bonds. The summed E-state index contributed by atoms with van der Waals surface area (Å²) in [4.78, 5) is 22.5. The average Bonchev–Trinajstić information content (AvgIpc) is 2.25. The van der Waals surface area contributed by atoms with E-state index in [4.69, 9.17) is 5.11 Å². The Hall–Kier alpha value is -1.43. The number of hydrogen-bond acceptors (Lipinski definition) is 2. The third-order valence-corrected chi connectivity index (χ3v) is 2.94. The van der Waals surface area contributed by atoms with Gasteiger partial charge in [0.15, 0.2) is 0 Å². The molecule has 0 atom stereocenters. The predicted molar refractivity (Wildman–Crippen MR) is 67.9 cm³/mol. The molecule has 1 rings (SSSR count). The molecule has 0 heterocycles. The van der Waals surface area contributed by atoms with Gasteiger partial charge in [-0.2, -0.15) is 0 Å². The van der Waals surface area contributed by atoms with Crippen LogP contribution in [-0.4, -0.2) is 23.5 Å². The van der Waals surface area contributed by atoms with E-state index in [0.717, 1.165) is 0 Å². The molecule has 6 heteroatoms. The zero-order chi connectivity index (χ0) is 13.9. The van der Waals surface area contributed by atoms with E-state index in [2.05, 4.69) is 21.2 Å². The van der Waals surface area contributed by atoms with Crippen molar-refractivity contribution in [2.24, 2.45) is 5.41 Å². The van der Waals surface area contributed by atoms with Gasteiger partial charge in [0, 0.05) is 11.0 Å². The Kier molecular flexibility index (Phi) is 4.45. The van der Waals surface area contributed by atoms with Crippen molar-refractivity contribution in [1.82, 2.24) is 5.32 Å². The second-order valence-corrected chi connectivity index (χ2v) is 5.41. The van der Waals surface area contributed by atoms with Crippen LogP contribution in [0.4, 0.5) is 4.39 Å². The van der Waals surface area contributed by atoms with Crippen LogP contribution in [0.1, 0.15) is 24.2 Å². The van der Waals surface area contributed by atoms with Crippen LogP contribution < -0.4 is 5.32 Å². The number of halogens is 2. The van der Waals surface area contributed by atoms with Gasteiger partial charge in [0.25, 0.3) is 5.91 Å².